The van der Waals surface area contributed by atoms with Crippen LogP contribution in [0.2, 0.25) is 5.02 Å². The number of halogens is 1. The van der Waals surface area contributed by atoms with Crippen molar-refractivity contribution in [2.24, 2.45) is 7.05 Å². The number of carbonyl (C=O) groups is 1. The highest BCUT2D eigenvalue weighted by atomic mass is 35.5. The third-order valence-corrected chi connectivity index (χ3v) is 7.86. The predicted molar refractivity (Wildman–Crippen MR) is 150 cm³/mol. The van der Waals surface area contributed by atoms with E-state index >= 15 is 0 Å². The number of thioether (sulfide) groups is 1. The van der Waals surface area contributed by atoms with Crippen LogP contribution in [0.4, 0.5) is 5.69 Å². The van der Waals surface area contributed by atoms with Crippen LogP contribution in [0.15, 0.2) is 64.5 Å². The van der Waals surface area contributed by atoms with Gasteiger partial charge in [-0.2, -0.15) is 0 Å². The molecule has 7 nitrogen and oxygen atoms in total. The lowest BCUT2D eigenvalue weighted by atomic mass is 10.0. The number of piperazine rings is 1. The van der Waals surface area contributed by atoms with Gasteiger partial charge in [0.15, 0.2) is 5.16 Å². The van der Waals surface area contributed by atoms with Crippen molar-refractivity contribution < 1.29 is 9.53 Å². The summed E-state index contributed by atoms with van der Waals surface area (Å²) >= 11 is 7.63. The molecule has 0 radical (unpaired) electrons. The lowest BCUT2D eigenvalue weighted by molar-refractivity contribution is -0.131. The maximum absolute atomic E-state index is 13.2. The molecule has 196 valence electrons. The summed E-state index contributed by atoms with van der Waals surface area (Å²) in [6.45, 7) is 3.29. The van der Waals surface area contributed by atoms with Crippen molar-refractivity contribution in [3.05, 3.63) is 86.8 Å². The topological polar surface area (TPSA) is 67.7 Å². The Morgan fingerprint density at radius 2 is 1.84 bits per heavy atom. The molecular weight excluding hydrogens is 508 g/mol. The molecule has 37 heavy (non-hydrogen) atoms. The van der Waals surface area contributed by atoms with Crippen molar-refractivity contribution in [3.63, 3.8) is 0 Å². The number of rotatable bonds is 10. The van der Waals surface area contributed by atoms with Crippen molar-refractivity contribution in [3.8, 4) is 0 Å². The standard InChI is InChI=1S/C28H33ClN4O3S/c1-31-27(35)24(18-21-8-4-3-5-9-21)25(20-36-2)30-28(31)37-17-7-12-26(34)33-15-13-32(14-16-33)23-11-6-10-22(29)19-23/h3-6,8-11,19H,7,12-18,20H2,1-2H3. The summed E-state index contributed by atoms with van der Waals surface area (Å²) in [7, 11) is 3.37. The Morgan fingerprint density at radius 1 is 1.08 bits per heavy atom. The minimum atomic E-state index is -0.0537. The zero-order chi connectivity index (χ0) is 26.2. The molecule has 2 heterocycles. The molecule has 4 rings (SSSR count). The molecule has 0 spiro atoms. The van der Waals surface area contributed by atoms with Crippen LogP contribution in [0.5, 0.6) is 0 Å². The zero-order valence-corrected chi connectivity index (χ0v) is 22.9. The second kappa shape index (κ2) is 13.1. The van der Waals surface area contributed by atoms with Gasteiger partial charge >= 0.3 is 0 Å². The van der Waals surface area contributed by atoms with Crippen molar-refractivity contribution in [1.29, 1.82) is 0 Å². The Balaban J connectivity index is 1.29. The first-order valence-electron chi connectivity index (χ1n) is 12.5. The second-order valence-electron chi connectivity index (χ2n) is 9.08. The summed E-state index contributed by atoms with van der Waals surface area (Å²) in [5, 5.41) is 1.37. The third kappa shape index (κ3) is 7.15. The number of aromatic nitrogens is 2. The van der Waals surface area contributed by atoms with Crippen LogP contribution < -0.4 is 10.5 Å². The average molecular weight is 541 g/mol. The molecule has 1 amide bonds. The van der Waals surface area contributed by atoms with Crippen LogP contribution in [0.25, 0.3) is 0 Å². The van der Waals surface area contributed by atoms with E-state index in [4.69, 9.17) is 21.3 Å². The average Bonchev–Trinajstić information content (AvgIpc) is 2.92. The van der Waals surface area contributed by atoms with Gasteiger partial charge in [-0.1, -0.05) is 59.8 Å². The highest BCUT2D eigenvalue weighted by Crippen LogP contribution is 2.22. The Labute approximate surface area is 227 Å². The first kappa shape index (κ1) is 27.2. The van der Waals surface area contributed by atoms with E-state index in [0.29, 0.717) is 48.1 Å². The number of hydrogen-bond donors (Lipinski definition) is 0. The number of benzene rings is 2. The van der Waals surface area contributed by atoms with Crippen LogP contribution in [-0.2, 0) is 29.6 Å². The van der Waals surface area contributed by atoms with Crippen LogP contribution >= 0.6 is 23.4 Å². The van der Waals surface area contributed by atoms with Crippen molar-refractivity contribution >= 4 is 35.0 Å². The number of carbonyl (C=O) groups excluding carboxylic acids is 1. The van der Waals surface area contributed by atoms with Gasteiger partial charge in [-0.25, -0.2) is 4.98 Å². The van der Waals surface area contributed by atoms with Crippen molar-refractivity contribution in [1.82, 2.24) is 14.5 Å². The number of amides is 1. The Morgan fingerprint density at radius 3 is 2.54 bits per heavy atom. The maximum atomic E-state index is 13.2. The van der Waals surface area contributed by atoms with Crippen LogP contribution in [0, 0.1) is 0 Å². The molecule has 0 aliphatic carbocycles. The summed E-state index contributed by atoms with van der Waals surface area (Å²) in [5.41, 5.74) is 3.43. The van der Waals surface area contributed by atoms with Gasteiger partial charge in [0.1, 0.15) is 0 Å². The summed E-state index contributed by atoms with van der Waals surface area (Å²) in [5.74, 6) is 0.880. The van der Waals surface area contributed by atoms with Crippen LogP contribution in [-0.4, -0.2) is 59.4 Å². The molecule has 9 heteroatoms. The van der Waals surface area contributed by atoms with E-state index in [0.717, 1.165) is 35.8 Å². The van der Waals surface area contributed by atoms with Crippen molar-refractivity contribution in [2.45, 2.75) is 31.0 Å². The predicted octanol–water partition coefficient (Wildman–Crippen LogP) is 4.39. The van der Waals surface area contributed by atoms with E-state index in [2.05, 4.69) is 4.90 Å². The lowest BCUT2D eigenvalue weighted by Crippen LogP contribution is -2.48. The molecule has 1 aromatic heterocycles. The second-order valence-corrected chi connectivity index (χ2v) is 10.6. The molecule has 1 aliphatic rings. The first-order chi connectivity index (χ1) is 18.0. The van der Waals surface area contributed by atoms with Gasteiger partial charge in [0, 0.05) is 75.2 Å². The summed E-state index contributed by atoms with van der Waals surface area (Å²) in [6.07, 6.45) is 1.72. The smallest absolute Gasteiger partial charge is 0.257 e. The molecule has 0 N–H and O–H groups in total. The normalized spacial score (nSPS) is 13.7. The Bertz CT molecular complexity index is 1260. The van der Waals surface area contributed by atoms with Gasteiger partial charge in [-0.05, 0) is 30.2 Å². The highest BCUT2D eigenvalue weighted by molar-refractivity contribution is 7.99. The third-order valence-electron chi connectivity index (χ3n) is 6.51. The van der Waals surface area contributed by atoms with Crippen LogP contribution in [0.1, 0.15) is 29.7 Å². The minimum Gasteiger partial charge on any atom is -0.378 e. The van der Waals surface area contributed by atoms with Gasteiger partial charge in [0.25, 0.3) is 5.56 Å². The van der Waals surface area contributed by atoms with Gasteiger partial charge in [0.05, 0.1) is 12.3 Å². The minimum absolute atomic E-state index is 0.0537. The molecular formula is C28H33ClN4O3S. The number of methoxy groups -OCH3 is 1. The van der Waals surface area contributed by atoms with Gasteiger partial charge in [0.2, 0.25) is 5.91 Å². The largest absolute Gasteiger partial charge is 0.378 e. The quantitative estimate of drug-likeness (QED) is 0.216. The van der Waals surface area contributed by atoms with Gasteiger partial charge in [-0.3, -0.25) is 14.2 Å². The van der Waals surface area contributed by atoms with E-state index in [1.165, 1.54) is 11.8 Å². The van der Waals surface area contributed by atoms with Gasteiger partial charge in [-0.15, -0.1) is 0 Å². The molecule has 3 aromatic rings. The van der Waals surface area contributed by atoms with E-state index in [1.807, 2.05) is 59.5 Å². The lowest BCUT2D eigenvalue weighted by Gasteiger charge is -2.36. The monoisotopic (exact) mass is 540 g/mol. The fourth-order valence-corrected chi connectivity index (χ4v) is 5.57. The van der Waals surface area contributed by atoms with E-state index < -0.39 is 0 Å². The molecule has 0 bridgehead atoms. The van der Waals surface area contributed by atoms with Crippen molar-refractivity contribution in [2.75, 3.05) is 43.9 Å². The van der Waals surface area contributed by atoms with E-state index in [1.54, 1.807) is 18.7 Å². The van der Waals surface area contributed by atoms with E-state index in [9.17, 15) is 9.59 Å². The summed E-state index contributed by atoms with van der Waals surface area (Å²) < 4.78 is 6.95. The number of anilines is 1. The molecule has 0 atom stereocenters. The molecule has 0 saturated carbocycles. The zero-order valence-electron chi connectivity index (χ0n) is 21.4. The summed E-state index contributed by atoms with van der Waals surface area (Å²) in [6, 6.07) is 17.7. The Kier molecular flexibility index (Phi) is 9.66. The number of hydrogen-bond acceptors (Lipinski definition) is 6. The summed E-state index contributed by atoms with van der Waals surface area (Å²) in [4.78, 5) is 34.9. The Hall–Kier alpha value is -2.81. The molecule has 1 aliphatic heterocycles. The highest BCUT2D eigenvalue weighted by Gasteiger charge is 2.21. The molecule has 1 fully saturated rings. The SMILES string of the molecule is COCc1nc(SCCCC(=O)N2CCN(c3cccc(Cl)c3)CC2)n(C)c(=O)c1Cc1ccccc1. The van der Waals surface area contributed by atoms with Gasteiger partial charge < -0.3 is 14.5 Å². The fraction of sp³-hybridized carbons (Fsp3) is 0.393. The maximum Gasteiger partial charge on any atom is 0.257 e. The molecule has 2 aromatic carbocycles. The number of ether oxygens (including phenoxy) is 1. The van der Waals surface area contributed by atoms with E-state index in [-0.39, 0.29) is 18.1 Å². The number of nitrogens with zero attached hydrogens (tertiary/aromatic N) is 4. The van der Waals surface area contributed by atoms with Crippen LogP contribution in [0.3, 0.4) is 0 Å². The first-order valence-corrected chi connectivity index (χ1v) is 13.9. The fourth-order valence-electron chi connectivity index (χ4n) is 4.47. The molecule has 0 unspecified atom stereocenters. The molecule has 1 saturated heterocycles.